The van der Waals surface area contributed by atoms with E-state index in [9.17, 15) is 4.79 Å². The molecular weight excluding hydrogens is 266 g/mol. The zero-order valence-electron chi connectivity index (χ0n) is 12.0. The molecule has 0 aliphatic rings. The van der Waals surface area contributed by atoms with E-state index in [1.807, 2.05) is 31.2 Å². The van der Waals surface area contributed by atoms with Crippen molar-refractivity contribution < 1.29 is 4.79 Å². The first-order valence-corrected chi connectivity index (χ1v) is 6.86. The van der Waals surface area contributed by atoms with Gasteiger partial charge >= 0.3 is 0 Å². The molecule has 0 unspecified atom stereocenters. The lowest BCUT2D eigenvalue weighted by Gasteiger charge is -2.07. The molecule has 1 amide bonds. The van der Waals surface area contributed by atoms with Crippen LogP contribution in [0.5, 0.6) is 0 Å². The molecule has 0 aliphatic heterocycles. The highest BCUT2D eigenvalue weighted by Gasteiger charge is 2.06. The number of carbonyl (C=O) groups is 1. The van der Waals surface area contributed by atoms with Gasteiger partial charge in [0.05, 0.1) is 0 Å². The predicted molar refractivity (Wildman–Crippen MR) is 81.7 cm³/mol. The second-order valence-electron chi connectivity index (χ2n) is 4.54. The van der Waals surface area contributed by atoms with Crippen molar-refractivity contribution in [3.63, 3.8) is 0 Å². The highest BCUT2D eigenvalue weighted by atomic mass is 16.1. The van der Waals surface area contributed by atoms with Gasteiger partial charge in [-0.1, -0.05) is 24.3 Å². The van der Waals surface area contributed by atoms with E-state index in [1.54, 1.807) is 12.1 Å². The molecule has 0 saturated carbocycles. The normalized spacial score (nSPS) is 10.2. The fraction of sp³-hybridized carbons (Fsp3) is 0.267. The minimum Gasteiger partial charge on any atom is -0.365 e. The monoisotopic (exact) mass is 285 g/mol. The second-order valence-corrected chi connectivity index (χ2v) is 4.54. The molecule has 1 aromatic heterocycles. The standard InChI is InChI=1S/C15H19N5O/c1-2-17-15(21)13-6-7-14(20-19-13)18-10-12-5-3-4-11(8-12)9-16/h3-8H,2,9-10,16H2,1H3,(H,17,21)(H,18,20). The van der Waals surface area contributed by atoms with Gasteiger partial charge in [0.2, 0.25) is 0 Å². The lowest BCUT2D eigenvalue weighted by Crippen LogP contribution is -2.24. The number of nitrogens with two attached hydrogens (primary N) is 1. The van der Waals surface area contributed by atoms with Gasteiger partial charge < -0.3 is 16.4 Å². The van der Waals surface area contributed by atoms with Crippen LogP contribution < -0.4 is 16.4 Å². The summed E-state index contributed by atoms with van der Waals surface area (Å²) in [6.07, 6.45) is 0. The van der Waals surface area contributed by atoms with Gasteiger partial charge in [0.15, 0.2) is 5.69 Å². The first kappa shape index (κ1) is 14.9. The van der Waals surface area contributed by atoms with Crippen molar-refractivity contribution in [3.8, 4) is 0 Å². The quantitative estimate of drug-likeness (QED) is 0.744. The zero-order chi connectivity index (χ0) is 15.1. The Hall–Kier alpha value is -2.47. The lowest BCUT2D eigenvalue weighted by atomic mass is 10.1. The summed E-state index contributed by atoms with van der Waals surface area (Å²) < 4.78 is 0. The number of rotatable bonds is 6. The SMILES string of the molecule is CCNC(=O)c1ccc(NCc2cccc(CN)c2)nn1. The molecule has 1 aromatic carbocycles. The summed E-state index contributed by atoms with van der Waals surface area (Å²) >= 11 is 0. The van der Waals surface area contributed by atoms with Crippen LogP contribution in [0, 0.1) is 0 Å². The van der Waals surface area contributed by atoms with Crippen LogP contribution >= 0.6 is 0 Å². The topological polar surface area (TPSA) is 92.9 Å². The number of hydrogen-bond acceptors (Lipinski definition) is 5. The molecule has 1 heterocycles. The molecule has 0 spiro atoms. The van der Waals surface area contributed by atoms with Gasteiger partial charge in [-0.2, -0.15) is 0 Å². The van der Waals surface area contributed by atoms with Crippen LogP contribution in [0.25, 0.3) is 0 Å². The Morgan fingerprint density at radius 3 is 2.67 bits per heavy atom. The van der Waals surface area contributed by atoms with E-state index in [0.717, 1.165) is 11.1 Å². The van der Waals surface area contributed by atoms with Gasteiger partial charge in [-0.15, -0.1) is 10.2 Å². The molecule has 0 saturated heterocycles. The Balaban J connectivity index is 1.95. The summed E-state index contributed by atoms with van der Waals surface area (Å²) in [5.74, 6) is 0.411. The number of hydrogen-bond donors (Lipinski definition) is 3. The molecule has 2 rings (SSSR count). The summed E-state index contributed by atoms with van der Waals surface area (Å²) in [5, 5.41) is 13.7. The maximum Gasteiger partial charge on any atom is 0.271 e. The maximum atomic E-state index is 11.6. The molecular formula is C15H19N5O. The molecule has 21 heavy (non-hydrogen) atoms. The number of amides is 1. The van der Waals surface area contributed by atoms with Gasteiger partial charge in [-0.3, -0.25) is 4.79 Å². The summed E-state index contributed by atoms with van der Waals surface area (Å²) in [4.78, 5) is 11.6. The number of nitrogens with zero attached hydrogens (tertiary/aromatic N) is 2. The molecule has 0 bridgehead atoms. The van der Waals surface area contributed by atoms with Crippen molar-refractivity contribution in [2.75, 3.05) is 11.9 Å². The first-order valence-electron chi connectivity index (χ1n) is 6.86. The Morgan fingerprint density at radius 2 is 2.00 bits per heavy atom. The van der Waals surface area contributed by atoms with Gasteiger partial charge in [0.25, 0.3) is 5.91 Å². The van der Waals surface area contributed by atoms with Crippen LogP contribution in [0.2, 0.25) is 0 Å². The summed E-state index contributed by atoms with van der Waals surface area (Å²) in [7, 11) is 0. The van der Waals surface area contributed by atoms with Crippen molar-refractivity contribution in [2.45, 2.75) is 20.0 Å². The van der Waals surface area contributed by atoms with Crippen LogP contribution in [-0.2, 0) is 13.1 Å². The summed E-state index contributed by atoms with van der Waals surface area (Å²) in [6.45, 7) is 3.58. The maximum absolute atomic E-state index is 11.6. The van der Waals surface area contributed by atoms with Crippen LogP contribution in [0.3, 0.4) is 0 Å². The predicted octanol–water partition coefficient (Wildman–Crippen LogP) is 1.30. The lowest BCUT2D eigenvalue weighted by molar-refractivity contribution is 0.0950. The van der Waals surface area contributed by atoms with Gasteiger partial charge in [0, 0.05) is 19.6 Å². The van der Waals surface area contributed by atoms with Crippen LogP contribution in [0.15, 0.2) is 36.4 Å². The van der Waals surface area contributed by atoms with Crippen molar-refractivity contribution in [1.82, 2.24) is 15.5 Å². The third kappa shape index (κ3) is 4.25. The number of benzene rings is 1. The Bertz CT molecular complexity index is 597. The number of nitrogens with one attached hydrogen (secondary N) is 2. The smallest absolute Gasteiger partial charge is 0.271 e. The van der Waals surface area contributed by atoms with E-state index in [1.165, 1.54) is 0 Å². The van der Waals surface area contributed by atoms with Gasteiger partial charge in [-0.25, -0.2) is 0 Å². The molecule has 0 atom stereocenters. The highest BCUT2D eigenvalue weighted by Crippen LogP contribution is 2.08. The Labute approximate surface area is 123 Å². The summed E-state index contributed by atoms with van der Waals surface area (Å²) in [5.41, 5.74) is 8.14. The van der Waals surface area contributed by atoms with Crippen molar-refractivity contribution in [1.29, 1.82) is 0 Å². The van der Waals surface area contributed by atoms with E-state index in [0.29, 0.717) is 31.1 Å². The average molecular weight is 285 g/mol. The largest absolute Gasteiger partial charge is 0.365 e. The minimum atomic E-state index is -0.216. The van der Waals surface area contributed by atoms with Crippen LogP contribution in [-0.4, -0.2) is 22.6 Å². The summed E-state index contributed by atoms with van der Waals surface area (Å²) in [6, 6.07) is 11.4. The van der Waals surface area contributed by atoms with Gasteiger partial charge in [-0.05, 0) is 30.2 Å². The molecule has 6 heteroatoms. The van der Waals surface area contributed by atoms with E-state index < -0.39 is 0 Å². The molecule has 0 aliphatic carbocycles. The third-order valence-corrected chi connectivity index (χ3v) is 2.94. The zero-order valence-corrected chi connectivity index (χ0v) is 12.0. The van der Waals surface area contributed by atoms with Crippen molar-refractivity contribution in [2.24, 2.45) is 5.73 Å². The molecule has 2 aromatic rings. The first-order chi connectivity index (χ1) is 10.2. The van der Waals surface area contributed by atoms with Gasteiger partial charge in [0.1, 0.15) is 5.82 Å². The molecule has 6 nitrogen and oxygen atoms in total. The molecule has 110 valence electrons. The Morgan fingerprint density at radius 1 is 1.19 bits per heavy atom. The number of aromatic nitrogens is 2. The van der Waals surface area contributed by atoms with E-state index in [4.69, 9.17) is 5.73 Å². The fourth-order valence-electron chi connectivity index (χ4n) is 1.86. The average Bonchev–Trinajstić information content (AvgIpc) is 2.54. The molecule has 0 fully saturated rings. The fourth-order valence-corrected chi connectivity index (χ4v) is 1.86. The molecule has 4 N–H and O–H groups in total. The second kappa shape index (κ2) is 7.35. The van der Waals surface area contributed by atoms with E-state index in [-0.39, 0.29) is 5.91 Å². The number of anilines is 1. The van der Waals surface area contributed by atoms with Crippen molar-refractivity contribution in [3.05, 3.63) is 53.2 Å². The highest BCUT2D eigenvalue weighted by molar-refractivity contribution is 5.92. The Kier molecular flexibility index (Phi) is 5.22. The molecule has 0 radical (unpaired) electrons. The minimum absolute atomic E-state index is 0.216. The van der Waals surface area contributed by atoms with E-state index in [2.05, 4.69) is 20.8 Å². The third-order valence-electron chi connectivity index (χ3n) is 2.94. The number of carbonyl (C=O) groups excluding carboxylic acids is 1. The van der Waals surface area contributed by atoms with Crippen molar-refractivity contribution >= 4 is 11.7 Å². The van der Waals surface area contributed by atoms with E-state index >= 15 is 0 Å². The van der Waals surface area contributed by atoms with Crippen LogP contribution in [0.4, 0.5) is 5.82 Å². The van der Waals surface area contributed by atoms with Crippen LogP contribution in [0.1, 0.15) is 28.5 Å².